The molecule has 0 amide bonds. The number of quaternary nitrogens is 1. The molecule has 158 valence electrons. The molecule has 0 heterocycles. The van der Waals surface area contributed by atoms with Crippen LogP contribution in [-0.2, 0) is 4.79 Å². The number of carbonyl (C=O) groups is 1. The molecule has 0 rings (SSSR count). The van der Waals surface area contributed by atoms with E-state index in [0.717, 1.165) is 0 Å². The zero-order valence-electron chi connectivity index (χ0n) is 11.5. The molecule has 0 fully saturated rings. The molecule has 0 spiro atoms. The Hall–Kier alpha value is -1.62. The highest BCUT2D eigenvalue weighted by Crippen LogP contribution is 2.62. The lowest BCUT2D eigenvalue weighted by atomic mass is 9.91. The lowest BCUT2D eigenvalue weighted by Crippen LogP contribution is -2.74. The van der Waals surface area contributed by atoms with Crippen molar-refractivity contribution in [3.05, 3.63) is 0 Å². The molecule has 0 aliphatic rings. The number of rotatable bonds is 6. The zero-order chi connectivity index (χ0) is 21.1. The maximum atomic E-state index is 12.8. The average molecular weight is 431 g/mol. The molecule has 0 saturated heterocycles. The van der Waals surface area contributed by atoms with E-state index in [1.807, 2.05) is 0 Å². The van der Waals surface area contributed by atoms with Gasteiger partial charge in [0.1, 0.15) is 5.97 Å². The molecule has 3 nitrogen and oxygen atoms in total. The molecule has 18 heteroatoms. The SMILES string of the molecule is O=C([O-])C(F)(F)C(F)(F)C(F)(F)C(F)(F)C(F)(F)C(F)(F)C(F)(F)F.[NH4+]. The number of hydrogen-bond acceptors (Lipinski definition) is 2. The first kappa shape index (κ1) is 26.6. The van der Waals surface area contributed by atoms with Crippen molar-refractivity contribution >= 4 is 5.97 Å². The van der Waals surface area contributed by atoms with Gasteiger partial charge >= 0.3 is 41.7 Å². The zero-order valence-corrected chi connectivity index (χ0v) is 11.5. The maximum Gasteiger partial charge on any atom is 0.460 e. The van der Waals surface area contributed by atoms with Gasteiger partial charge < -0.3 is 16.1 Å². The summed E-state index contributed by atoms with van der Waals surface area (Å²) in [4.78, 5) is 9.61. The number of carboxylic acid groups (broad SMARTS) is 1. The summed E-state index contributed by atoms with van der Waals surface area (Å²) in [6.07, 6.45) is -7.71. The van der Waals surface area contributed by atoms with Gasteiger partial charge in [0.15, 0.2) is 0 Å². The van der Waals surface area contributed by atoms with Gasteiger partial charge in [-0.2, -0.15) is 65.9 Å². The Balaban J connectivity index is 0. The van der Waals surface area contributed by atoms with Crippen LogP contribution in [0.3, 0.4) is 0 Å². The van der Waals surface area contributed by atoms with E-state index in [0.29, 0.717) is 0 Å². The highest BCUT2D eigenvalue weighted by atomic mass is 19.4. The Labute approximate surface area is 131 Å². The van der Waals surface area contributed by atoms with Crippen LogP contribution in [-0.4, -0.2) is 47.7 Å². The van der Waals surface area contributed by atoms with Gasteiger partial charge in [-0.05, 0) is 0 Å². The second-order valence-electron chi connectivity index (χ2n) is 4.23. The Morgan fingerprint density at radius 2 is 0.731 bits per heavy atom. The first-order chi connectivity index (χ1) is 10.4. The lowest BCUT2D eigenvalue weighted by Gasteiger charge is -2.41. The first-order valence-corrected chi connectivity index (χ1v) is 4.99. The van der Waals surface area contributed by atoms with Crippen LogP contribution < -0.4 is 11.3 Å². The van der Waals surface area contributed by atoms with Crippen LogP contribution in [0.15, 0.2) is 0 Å². The number of alkyl halides is 15. The largest absolute Gasteiger partial charge is 0.544 e. The molecule has 4 N–H and O–H groups in total. The molecule has 0 aromatic rings. The van der Waals surface area contributed by atoms with E-state index >= 15 is 0 Å². The Morgan fingerprint density at radius 1 is 0.500 bits per heavy atom. The number of hydrogen-bond donors (Lipinski definition) is 1. The summed E-state index contributed by atoms with van der Waals surface area (Å²) in [5.41, 5.74) is 0. The standard InChI is InChI=1S/C8HF15O2.H3N/c9-2(10,1(24)25)3(11,12)4(13,14)5(15,16)6(17,18)7(19,20)8(21,22)23;/h(H,24,25);1H3. The normalized spacial score (nSPS) is 15.5. The van der Waals surface area contributed by atoms with Gasteiger partial charge in [0.2, 0.25) is 0 Å². The summed E-state index contributed by atoms with van der Waals surface area (Å²) in [6, 6.07) is 0. The van der Waals surface area contributed by atoms with Crippen LogP contribution in [0.2, 0.25) is 0 Å². The molecule has 0 saturated carbocycles. The van der Waals surface area contributed by atoms with Crippen molar-refractivity contribution in [3.8, 4) is 0 Å². The van der Waals surface area contributed by atoms with Crippen LogP contribution in [0.4, 0.5) is 65.9 Å². The van der Waals surface area contributed by atoms with Crippen molar-refractivity contribution in [1.82, 2.24) is 6.15 Å². The monoisotopic (exact) mass is 431 g/mol. The van der Waals surface area contributed by atoms with E-state index in [2.05, 4.69) is 0 Å². The number of carbonyl (C=O) groups excluding carboxylic acids is 1. The van der Waals surface area contributed by atoms with E-state index in [4.69, 9.17) is 0 Å². The summed E-state index contributed by atoms with van der Waals surface area (Å²) in [5, 5.41) is 9.61. The van der Waals surface area contributed by atoms with Crippen LogP contribution in [0.25, 0.3) is 0 Å². The minimum atomic E-state index is -8.50. The molecule has 0 unspecified atom stereocenters. The Bertz CT molecular complexity index is 536. The second kappa shape index (κ2) is 6.22. The van der Waals surface area contributed by atoms with Gasteiger partial charge in [-0.25, -0.2) is 0 Å². The van der Waals surface area contributed by atoms with Gasteiger partial charge in [0.05, 0.1) is 0 Å². The van der Waals surface area contributed by atoms with Crippen molar-refractivity contribution in [2.24, 2.45) is 0 Å². The number of halogens is 15. The van der Waals surface area contributed by atoms with Crippen molar-refractivity contribution in [2.45, 2.75) is 41.7 Å². The smallest absolute Gasteiger partial charge is 0.460 e. The molecular weight excluding hydrogens is 427 g/mol. The minimum absolute atomic E-state index is 0. The fraction of sp³-hybridized carbons (Fsp3) is 0.875. The highest BCUT2D eigenvalue weighted by molar-refractivity contribution is 5.75. The van der Waals surface area contributed by atoms with Gasteiger partial charge in [0, 0.05) is 0 Å². The predicted octanol–water partition coefficient (Wildman–Crippen LogP) is 3.49. The lowest BCUT2D eigenvalue weighted by molar-refractivity contribution is -0.454. The third kappa shape index (κ3) is 3.00. The van der Waals surface area contributed by atoms with E-state index in [-0.39, 0.29) is 6.15 Å². The van der Waals surface area contributed by atoms with Crippen LogP contribution in [0.5, 0.6) is 0 Å². The third-order valence-corrected chi connectivity index (χ3v) is 2.58. The molecule has 0 aromatic heterocycles. The Morgan fingerprint density at radius 3 is 0.962 bits per heavy atom. The van der Waals surface area contributed by atoms with Crippen LogP contribution >= 0.6 is 0 Å². The van der Waals surface area contributed by atoms with Crippen molar-refractivity contribution < 1.29 is 75.8 Å². The molecule has 0 radical (unpaired) electrons. The van der Waals surface area contributed by atoms with Crippen LogP contribution in [0, 0.1) is 0 Å². The topological polar surface area (TPSA) is 76.6 Å². The quantitative estimate of drug-likeness (QED) is 0.654. The second-order valence-corrected chi connectivity index (χ2v) is 4.23. The molecule has 0 aliphatic carbocycles. The maximum absolute atomic E-state index is 12.8. The Kier molecular flexibility index (Phi) is 6.37. The third-order valence-electron chi connectivity index (χ3n) is 2.58. The van der Waals surface area contributed by atoms with Crippen molar-refractivity contribution in [1.29, 1.82) is 0 Å². The van der Waals surface area contributed by atoms with Gasteiger partial charge in [0.25, 0.3) is 0 Å². The van der Waals surface area contributed by atoms with Gasteiger partial charge in [-0.3, -0.25) is 0 Å². The first-order valence-electron chi connectivity index (χ1n) is 4.99. The summed E-state index contributed by atoms with van der Waals surface area (Å²) in [5.74, 6) is -53.3. The molecular formula is C8H4F15NO2. The summed E-state index contributed by atoms with van der Waals surface area (Å²) >= 11 is 0. The summed E-state index contributed by atoms with van der Waals surface area (Å²) < 4.78 is 186. The molecule has 0 aromatic carbocycles. The van der Waals surface area contributed by atoms with Gasteiger partial charge in [-0.15, -0.1) is 0 Å². The summed E-state index contributed by atoms with van der Waals surface area (Å²) in [6.45, 7) is 0. The highest BCUT2D eigenvalue weighted by Gasteiger charge is 2.93. The van der Waals surface area contributed by atoms with Crippen molar-refractivity contribution in [2.75, 3.05) is 0 Å². The van der Waals surface area contributed by atoms with Crippen molar-refractivity contribution in [3.63, 3.8) is 0 Å². The summed E-state index contributed by atoms with van der Waals surface area (Å²) in [7, 11) is 0. The molecule has 0 aliphatic heterocycles. The van der Waals surface area contributed by atoms with E-state index < -0.39 is 47.7 Å². The van der Waals surface area contributed by atoms with E-state index in [1.54, 1.807) is 0 Å². The fourth-order valence-corrected chi connectivity index (χ4v) is 1.09. The number of aliphatic carboxylic acids is 1. The van der Waals surface area contributed by atoms with Gasteiger partial charge in [-0.1, -0.05) is 0 Å². The van der Waals surface area contributed by atoms with Crippen LogP contribution in [0.1, 0.15) is 0 Å². The molecule has 0 atom stereocenters. The molecule has 0 bridgehead atoms. The van der Waals surface area contributed by atoms with E-state index in [1.165, 1.54) is 0 Å². The minimum Gasteiger partial charge on any atom is -0.544 e. The fourth-order valence-electron chi connectivity index (χ4n) is 1.09. The predicted molar refractivity (Wildman–Crippen MR) is 46.7 cm³/mol. The van der Waals surface area contributed by atoms with E-state index in [9.17, 15) is 75.8 Å². The molecule has 26 heavy (non-hydrogen) atoms. The average Bonchev–Trinajstić information content (AvgIpc) is 2.35. The number of carboxylic acids is 1.